The van der Waals surface area contributed by atoms with E-state index in [2.05, 4.69) is 15.0 Å². The summed E-state index contributed by atoms with van der Waals surface area (Å²) < 4.78 is 0. The Balaban J connectivity index is 1.89. The number of H-pyrrole nitrogens is 1. The Hall–Kier alpha value is -1.43. The lowest BCUT2D eigenvalue weighted by molar-refractivity contribution is 0.671. The molecule has 0 aliphatic heterocycles. The zero-order chi connectivity index (χ0) is 12.5. The summed E-state index contributed by atoms with van der Waals surface area (Å²) in [5.41, 5.74) is 10.7. The van der Waals surface area contributed by atoms with E-state index in [1.54, 1.807) is 16.8 Å². The fraction of sp³-hybridized carbons (Fsp3) is 0.167. The topological polar surface area (TPSA) is 67.6 Å². The van der Waals surface area contributed by atoms with E-state index in [4.69, 9.17) is 17.3 Å². The molecule has 3 N–H and O–H groups in total. The van der Waals surface area contributed by atoms with Crippen LogP contribution in [0, 0.1) is 0 Å². The number of nitrogens with two attached hydrogens (primary N) is 1. The Bertz CT molecular complexity index is 662. The number of fused-ring (bicyclic) bond motifs is 1. The van der Waals surface area contributed by atoms with Crippen molar-refractivity contribution >= 4 is 34.0 Å². The molecule has 0 fully saturated rings. The molecule has 1 atom stereocenters. The van der Waals surface area contributed by atoms with E-state index >= 15 is 0 Å². The zero-order valence-electron chi connectivity index (χ0n) is 9.43. The smallest absolute Gasteiger partial charge is 0.124 e. The minimum atomic E-state index is -0.182. The second-order valence-electron chi connectivity index (χ2n) is 4.07. The summed E-state index contributed by atoms with van der Waals surface area (Å²) in [5.74, 6) is 0.764. The van der Waals surface area contributed by atoms with Gasteiger partial charge in [0.25, 0.3) is 0 Å². The monoisotopic (exact) mass is 278 g/mol. The van der Waals surface area contributed by atoms with Crippen LogP contribution >= 0.6 is 22.9 Å². The van der Waals surface area contributed by atoms with E-state index in [-0.39, 0.29) is 6.04 Å². The van der Waals surface area contributed by atoms with Crippen LogP contribution in [0.1, 0.15) is 17.6 Å². The highest BCUT2D eigenvalue weighted by molar-refractivity contribution is 7.07. The fourth-order valence-corrected chi connectivity index (χ4v) is 2.57. The van der Waals surface area contributed by atoms with E-state index in [9.17, 15) is 0 Å². The number of benzene rings is 1. The van der Waals surface area contributed by atoms with Crippen molar-refractivity contribution in [3.05, 3.63) is 45.6 Å². The number of hydrogen-bond acceptors (Lipinski definition) is 4. The largest absolute Gasteiger partial charge is 0.341 e. The molecule has 1 aromatic carbocycles. The van der Waals surface area contributed by atoms with Gasteiger partial charge >= 0.3 is 0 Å². The van der Waals surface area contributed by atoms with Crippen LogP contribution in [0.4, 0.5) is 0 Å². The maximum absolute atomic E-state index is 6.13. The van der Waals surface area contributed by atoms with Crippen molar-refractivity contribution in [2.45, 2.75) is 12.5 Å². The van der Waals surface area contributed by atoms with Crippen molar-refractivity contribution in [2.24, 2.45) is 5.73 Å². The minimum Gasteiger partial charge on any atom is -0.341 e. The number of hydrogen-bond donors (Lipinski definition) is 2. The van der Waals surface area contributed by atoms with E-state index in [1.165, 1.54) is 0 Å². The standard InChI is InChI=1S/C12H11ClN4S/c13-7-1-2-10-11(3-7)17-12(16-10)9(14)4-8-5-18-6-15-8/h1-3,5-6,9H,4,14H2,(H,16,17)/t9-/m0/s1. The third kappa shape index (κ3) is 2.25. The van der Waals surface area contributed by atoms with Gasteiger partial charge in [0, 0.05) is 16.8 Å². The molecular weight excluding hydrogens is 268 g/mol. The summed E-state index contributed by atoms with van der Waals surface area (Å²) in [6, 6.07) is 5.38. The van der Waals surface area contributed by atoms with E-state index in [1.807, 2.05) is 23.6 Å². The first-order chi connectivity index (χ1) is 8.72. The molecule has 2 heterocycles. The van der Waals surface area contributed by atoms with E-state index in [0.29, 0.717) is 11.4 Å². The number of rotatable bonds is 3. The number of aromatic nitrogens is 3. The highest BCUT2D eigenvalue weighted by Gasteiger charge is 2.13. The molecule has 6 heteroatoms. The Labute approximate surface area is 113 Å². The van der Waals surface area contributed by atoms with Gasteiger partial charge < -0.3 is 10.7 Å². The number of aromatic amines is 1. The lowest BCUT2D eigenvalue weighted by atomic mass is 10.2. The molecule has 0 saturated carbocycles. The van der Waals surface area contributed by atoms with Gasteiger partial charge in [0.1, 0.15) is 5.82 Å². The predicted octanol–water partition coefficient (Wildman–Crippen LogP) is 2.92. The first-order valence-electron chi connectivity index (χ1n) is 5.50. The zero-order valence-corrected chi connectivity index (χ0v) is 11.0. The van der Waals surface area contributed by atoms with Crippen LogP contribution in [-0.2, 0) is 6.42 Å². The van der Waals surface area contributed by atoms with E-state index < -0.39 is 0 Å². The van der Waals surface area contributed by atoms with Gasteiger partial charge in [0.05, 0.1) is 28.3 Å². The molecule has 0 saturated heterocycles. The summed E-state index contributed by atoms with van der Waals surface area (Å²) >= 11 is 7.50. The maximum atomic E-state index is 6.13. The quantitative estimate of drug-likeness (QED) is 0.774. The van der Waals surface area contributed by atoms with Gasteiger partial charge in [-0.1, -0.05) is 11.6 Å². The number of thiazole rings is 1. The molecule has 3 rings (SSSR count). The molecule has 0 aliphatic rings. The van der Waals surface area contributed by atoms with E-state index in [0.717, 1.165) is 22.6 Å². The average Bonchev–Trinajstić information content (AvgIpc) is 2.96. The van der Waals surface area contributed by atoms with Gasteiger partial charge in [-0.15, -0.1) is 11.3 Å². The van der Waals surface area contributed by atoms with Gasteiger partial charge in [-0.05, 0) is 18.2 Å². The van der Waals surface area contributed by atoms with Gasteiger partial charge in [-0.25, -0.2) is 9.97 Å². The molecule has 0 radical (unpaired) electrons. The van der Waals surface area contributed by atoms with Crippen molar-refractivity contribution < 1.29 is 0 Å². The molecule has 0 amide bonds. The van der Waals surface area contributed by atoms with Crippen molar-refractivity contribution in [1.82, 2.24) is 15.0 Å². The molecular formula is C12H11ClN4S. The SMILES string of the molecule is N[C@@H](Cc1cscn1)c1nc2cc(Cl)ccc2[nH]1. The van der Waals surface area contributed by atoms with Crippen LogP contribution in [0.2, 0.25) is 5.02 Å². The van der Waals surface area contributed by atoms with Crippen LogP contribution in [0.5, 0.6) is 0 Å². The first-order valence-corrected chi connectivity index (χ1v) is 6.82. The van der Waals surface area contributed by atoms with Crippen LogP contribution < -0.4 is 5.73 Å². The lowest BCUT2D eigenvalue weighted by Crippen LogP contribution is -2.15. The molecule has 18 heavy (non-hydrogen) atoms. The van der Waals surface area contributed by atoms with Gasteiger partial charge in [0.2, 0.25) is 0 Å². The normalized spacial score (nSPS) is 13.0. The lowest BCUT2D eigenvalue weighted by Gasteiger charge is -2.05. The molecule has 0 aliphatic carbocycles. The average molecular weight is 279 g/mol. The third-order valence-corrected chi connectivity index (χ3v) is 3.60. The summed E-state index contributed by atoms with van der Waals surface area (Å²) in [4.78, 5) is 11.9. The summed E-state index contributed by atoms with van der Waals surface area (Å²) in [6.45, 7) is 0. The summed E-state index contributed by atoms with van der Waals surface area (Å²) in [5, 5.41) is 2.67. The molecule has 92 valence electrons. The summed E-state index contributed by atoms with van der Waals surface area (Å²) in [6.07, 6.45) is 0.678. The van der Waals surface area contributed by atoms with Crippen molar-refractivity contribution in [3.63, 3.8) is 0 Å². The number of halogens is 1. The highest BCUT2D eigenvalue weighted by Crippen LogP contribution is 2.20. The molecule has 3 aromatic rings. The Morgan fingerprint density at radius 3 is 3.11 bits per heavy atom. The molecule has 4 nitrogen and oxygen atoms in total. The van der Waals surface area contributed by atoms with Gasteiger partial charge in [-0.3, -0.25) is 0 Å². The highest BCUT2D eigenvalue weighted by atomic mass is 35.5. The van der Waals surface area contributed by atoms with Crippen molar-refractivity contribution in [3.8, 4) is 0 Å². The molecule has 0 unspecified atom stereocenters. The summed E-state index contributed by atoms with van der Waals surface area (Å²) in [7, 11) is 0. The van der Waals surface area contributed by atoms with Crippen molar-refractivity contribution in [1.29, 1.82) is 0 Å². The second-order valence-corrected chi connectivity index (χ2v) is 5.23. The Kier molecular flexibility index (Phi) is 3.03. The molecule has 0 bridgehead atoms. The second kappa shape index (κ2) is 4.68. The van der Waals surface area contributed by atoms with Crippen molar-refractivity contribution in [2.75, 3.05) is 0 Å². The predicted molar refractivity (Wildman–Crippen MR) is 73.9 cm³/mol. The number of nitrogens with one attached hydrogen (secondary N) is 1. The van der Waals surface area contributed by atoms with Gasteiger partial charge in [-0.2, -0.15) is 0 Å². The molecule has 2 aromatic heterocycles. The minimum absolute atomic E-state index is 0.182. The maximum Gasteiger partial charge on any atom is 0.124 e. The fourth-order valence-electron chi connectivity index (χ4n) is 1.83. The van der Waals surface area contributed by atoms with Gasteiger partial charge in [0.15, 0.2) is 0 Å². The third-order valence-electron chi connectivity index (χ3n) is 2.73. The Morgan fingerprint density at radius 2 is 2.33 bits per heavy atom. The molecule has 0 spiro atoms. The Morgan fingerprint density at radius 1 is 1.44 bits per heavy atom. The first kappa shape index (κ1) is 11.6. The van der Waals surface area contributed by atoms with Crippen LogP contribution in [-0.4, -0.2) is 15.0 Å². The number of nitrogens with zero attached hydrogens (tertiary/aromatic N) is 2. The van der Waals surface area contributed by atoms with Crippen LogP contribution in [0.3, 0.4) is 0 Å². The van der Waals surface area contributed by atoms with Crippen LogP contribution in [0.25, 0.3) is 11.0 Å². The number of imidazole rings is 1. The van der Waals surface area contributed by atoms with Crippen LogP contribution in [0.15, 0.2) is 29.1 Å².